The van der Waals surface area contributed by atoms with Gasteiger partial charge in [0.15, 0.2) is 0 Å². The van der Waals surface area contributed by atoms with Crippen LogP contribution in [0.2, 0.25) is 5.02 Å². The van der Waals surface area contributed by atoms with Gasteiger partial charge in [-0.2, -0.15) is 0 Å². The highest BCUT2D eigenvalue weighted by Crippen LogP contribution is 2.26. The molecular weight excluding hydrogens is 288 g/mol. The van der Waals surface area contributed by atoms with Gasteiger partial charge in [-0.1, -0.05) is 48.0 Å². The Morgan fingerprint density at radius 2 is 1.86 bits per heavy atom. The molecule has 2 aromatic carbocycles. The van der Waals surface area contributed by atoms with Crippen LogP contribution in [-0.4, -0.2) is 12.6 Å². The number of halogens is 1. The van der Waals surface area contributed by atoms with Gasteiger partial charge in [0.2, 0.25) is 0 Å². The first-order chi connectivity index (χ1) is 10.2. The van der Waals surface area contributed by atoms with Gasteiger partial charge in [-0.15, -0.1) is 0 Å². The number of benzene rings is 2. The molecule has 0 atom stereocenters. The minimum Gasteiger partial charge on any atom is -0.487 e. The lowest BCUT2D eigenvalue weighted by Crippen LogP contribution is -2.07. The lowest BCUT2D eigenvalue weighted by molar-refractivity contribution is -0.142. The van der Waals surface area contributed by atoms with E-state index in [1.54, 1.807) is 19.1 Å². The van der Waals surface area contributed by atoms with Crippen LogP contribution in [0.15, 0.2) is 48.5 Å². The average Bonchev–Trinajstić information content (AvgIpc) is 2.48. The van der Waals surface area contributed by atoms with Gasteiger partial charge >= 0.3 is 5.97 Å². The summed E-state index contributed by atoms with van der Waals surface area (Å²) in [4.78, 5) is 11.4. The molecule has 0 aliphatic carbocycles. The summed E-state index contributed by atoms with van der Waals surface area (Å²) in [5, 5.41) is 0.493. The Bertz CT molecular complexity index is 596. The summed E-state index contributed by atoms with van der Waals surface area (Å²) in [6, 6.07) is 15.2. The molecule has 21 heavy (non-hydrogen) atoms. The second-order valence-electron chi connectivity index (χ2n) is 4.52. The number of hydrogen-bond donors (Lipinski definition) is 0. The minimum atomic E-state index is -0.258. The van der Waals surface area contributed by atoms with Crippen molar-refractivity contribution in [1.29, 1.82) is 0 Å². The lowest BCUT2D eigenvalue weighted by atomic mass is 10.1. The fourth-order valence-corrected chi connectivity index (χ4v) is 2.14. The van der Waals surface area contributed by atoms with Crippen LogP contribution in [0.25, 0.3) is 0 Å². The molecule has 0 spiro atoms. The number of ether oxygens (including phenoxy) is 2. The van der Waals surface area contributed by atoms with Crippen LogP contribution in [0.1, 0.15) is 18.1 Å². The van der Waals surface area contributed by atoms with Crippen molar-refractivity contribution in [2.75, 3.05) is 6.61 Å². The van der Waals surface area contributed by atoms with Gasteiger partial charge in [-0.3, -0.25) is 4.79 Å². The first kappa shape index (κ1) is 15.4. The van der Waals surface area contributed by atoms with E-state index in [0.717, 1.165) is 11.1 Å². The smallest absolute Gasteiger partial charge is 0.310 e. The third-order valence-corrected chi connectivity index (χ3v) is 3.18. The van der Waals surface area contributed by atoms with Crippen molar-refractivity contribution in [2.24, 2.45) is 0 Å². The Hall–Kier alpha value is -2.00. The molecule has 3 nitrogen and oxygen atoms in total. The van der Waals surface area contributed by atoms with Gasteiger partial charge in [-0.05, 0) is 30.2 Å². The highest BCUT2D eigenvalue weighted by atomic mass is 35.5. The molecule has 0 unspecified atom stereocenters. The third-order valence-electron chi connectivity index (χ3n) is 2.89. The first-order valence-corrected chi connectivity index (χ1v) is 7.17. The van der Waals surface area contributed by atoms with Crippen LogP contribution in [-0.2, 0) is 22.6 Å². The Balaban J connectivity index is 1.97. The molecular formula is C17H17ClO3. The zero-order chi connectivity index (χ0) is 15.1. The highest BCUT2D eigenvalue weighted by Gasteiger charge is 2.08. The second kappa shape index (κ2) is 7.70. The molecule has 0 fully saturated rings. The molecule has 0 radical (unpaired) electrons. The molecule has 0 bridgehead atoms. The Morgan fingerprint density at radius 1 is 1.10 bits per heavy atom. The summed E-state index contributed by atoms with van der Waals surface area (Å²) in [5.41, 5.74) is 1.88. The van der Waals surface area contributed by atoms with E-state index in [4.69, 9.17) is 21.1 Å². The van der Waals surface area contributed by atoms with Gasteiger partial charge in [0.1, 0.15) is 12.4 Å². The maximum atomic E-state index is 11.4. The summed E-state index contributed by atoms with van der Waals surface area (Å²) in [6.45, 7) is 2.62. The monoisotopic (exact) mass is 304 g/mol. The SMILES string of the molecule is CCOC(=O)Cc1ccc(OCc2ccccc2)c(Cl)c1. The quantitative estimate of drug-likeness (QED) is 0.756. The summed E-state index contributed by atoms with van der Waals surface area (Å²) in [5.74, 6) is 0.347. The zero-order valence-electron chi connectivity index (χ0n) is 11.8. The van der Waals surface area contributed by atoms with Crippen molar-refractivity contribution in [3.63, 3.8) is 0 Å². The standard InChI is InChI=1S/C17H17ClO3/c1-2-20-17(19)11-14-8-9-16(15(18)10-14)21-12-13-6-4-3-5-7-13/h3-10H,2,11-12H2,1H3. The van der Waals surface area contributed by atoms with Crippen LogP contribution < -0.4 is 4.74 Å². The zero-order valence-corrected chi connectivity index (χ0v) is 12.6. The molecule has 0 saturated carbocycles. The predicted molar refractivity (Wildman–Crippen MR) is 82.6 cm³/mol. The molecule has 0 aliphatic heterocycles. The second-order valence-corrected chi connectivity index (χ2v) is 4.93. The largest absolute Gasteiger partial charge is 0.487 e. The van der Waals surface area contributed by atoms with E-state index in [2.05, 4.69) is 0 Å². The number of carbonyl (C=O) groups is 1. The third kappa shape index (κ3) is 4.80. The van der Waals surface area contributed by atoms with Crippen molar-refractivity contribution in [1.82, 2.24) is 0 Å². The molecule has 2 rings (SSSR count). The summed E-state index contributed by atoms with van der Waals surface area (Å²) >= 11 is 6.18. The minimum absolute atomic E-state index is 0.215. The van der Waals surface area contributed by atoms with E-state index in [1.165, 1.54) is 0 Å². The summed E-state index contributed by atoms with van der Waals surface area (Å²) < 4.78 is 10.6. The van der Waals surface area contributed by atoms with Gasteiger partial charge in [-0.25, -0.2) is 0 Å². The molecule has 0 aromatic heterocycles. The Morgan fingerprint density at radius 3 is 2.52 bits per heavy atom. The summed E-state index contributed by atoms with van der Waals surface area (Å²) in [6.07, 6.45) is 0.215. The van der Waals surface area contributed by atoms with Gasteiger partial charge in [0, 0.05) is 0 Å². The fourth-order valence-electron chi connectivity index (χ4n) is 1.89. The van der Waals surface area contributed by atoms with E-state index in [-0.39, 0.29) is 12.4 Å². The molecule has 110 valence electrons. The molecule has 0 aliphatic rings. The van der Waals surface area contributed by atoms with Crippen molar-refractivity contribution in [3.05, 3.63) is 64.7 Å². The van der Waals surface area contributed by atoms with E-state index >= 15 is 0 Å². The van der Waals surface area contributed by atoms with Crippen LogP contribution in [0.4, 0.5) is 0 Å². The Labute approximate surface area is 129 Å². The first-order valence-electron chi connectivity index (χ1n) is 6.80. The molecule has 0 amide bonds. The molecule has 2 aromatic rings. The molecule has 0 heterocycles. The number of rotatable bonds is 6. The van der Waals surface area contributed by atoms with Crippen LogP contribution in [0.5, 0.6) is 5.75 Å². The van der Waals surface area contributed by atoms with E-state index < -0.39 is 0 Å². The topological polar surface area (TPSA) is 35.5 Å². The van der Waals surface area contributed by atoms with Crippen LogP contribution in [0.3, 0.4) is 0 Å². The molecule has 4 heteroatoms. The van der Waals surface area contributed by atoms with Gasteiger partial charge in [0.25, 0.3) is 0 Å². The van der Waals surface area contributed by atoms with E-state index in [9.17, 15) is 4.79 Å². The normalized spacial score (nSPS) is 10.2. The van der Waals surface area contributed by atoms with Crippen molar-refractivity contribution in [2.45, 2.75) is 20.0 Å². The molecule has 0 saturated heterocycles. The Kier molecular flexibility index (Phi) is 5.64. The fraction of sp³-hybridized carbons (Fsp3) is 0.235. The van der Waals surface area contributed by atoms with Crippen molar-refractivity contribution in [3.8, 4) is 5.75 Å². The predicted octanol–water partition coefficient (Wildman–Crippen LogP) is 4.02. The highest BCUT2D eigenvalue weighted by molar-refractivity contribution is 6.32. The summed E-state index contributed by atoms with van der Waals surface area (Å²) in [7, 11) is 0. The number of esters is 1. The van der Waals surface area contributed by atoms with Gasteiger partial charge in [0.05, 0.1) is 18.1 Å². The number of carbonyl (C=O) groups excluding carboxylic acids is 1. The van der Waals surface area contributed by atoms with E-state index in [0.29, 0.717) is 24.0 Å². The number of hydrogen-bond acceptors (Lipinski definition) is 3. The van der Waals surface area contributed by atoms with Crippen molar-refractivity contribution < 1.29 is 14.3 Å². The average molecular weight is 305 g/mol. The van der Waals surface area contributed by atoms with Crippen molar-refractivity contribution >= 4 is 17.6 Å². The molecule has 0 N–H and O–H groups in total. The van der Waals surface area contributed by atoms with E-state index in [1.807, 2.05) is 36.4 Å². The lowest BCUT2D eigenvalue weighted by Gasteiger charge is -2.09. The van der Waals surface area contributed by atoms with Crippen LogP contribution >= 0.6 is 11.6 Å². The van der Waals surface area contributed by atoms with Crippen LogP contribution in [0, 0.1) is 0 Å². The van der Waals surface area contributed by atoms with Gasteiger partial charge < -0.3 is 9.47 Å². The maximum absolute atomic E-state index is 11.4. The maximum Gasteiger partial charge on any atom is 0.310 e.